The molecule has 3 aromatic carbocycles. The molecule has 4 rings (SSSR count). The highest BCUT2D eigenvalue weighted by molar-refractivity contribution is 5.95. The Morgan fingerprint density at radius 1 is 1.00 bits per heavy atom. The second-order valence-corrected chi connectivity index (χ2v) is 7.37. The van der Waals surface area contributed by atoms with Crippen molar-refractivity contribution in [3.63, 3.8) is 0 Å². The highest BCUT2D eigenvalue weighted by Gasteiger charge is 2.40. The van der Waals surface area contributed by atoms with Crippen LogP contribution >= 0.6 is 0 Å². The summed E-state index contributed by atoms with van der Waals surface area (Å²) >= 11 is 0. The highest BCUT2D eigenvalue weighted by Crippen LogP contribution is 2.47. The predicted octanol–water partition coefficient (Wildman–Crippen LogP) is 4.21. The van der Waals surface area contributed by atoms with Crippen LogP contribution in [0, 0.1) is 5.82 Å². The van der Waals surface area contributed by atoms with Gasteiger partial charge in [-0.3, -0.25) is 9.59 Å². The summed E-state index contributed by atoms with van der Waals surface area (Å²) in [4.78, 5) is 25.0. The predicted molar refractivity (Wildman–Crippen MR) is 116 cm³/mol. The smallest absolute Gasteiger partial charge is 0.251 e. The number of rotatable bonds is 5. The lowest BCUT2D eigenvalue weighted by molar-refractivity contribution is -0.123. The van der Waals surface area contributed by atoms with E-state index < -0.39 is 12.0 Å². The van der Waals surface area contributed by atoms with Gasteiger partial charge in [0.15, 0.2) is 0 Å². The van der Waals surface area contributed by atoms with E-state index in [0.29, 0.717) is 17.9 Å². The van der Waals surface area contributed by atoms with Crippen molar-refractivity contribution < 1.29 is 18.7 Å². The normalized spacial score (nSPS) is 16.9. The Labute approximate surface area is 180 Å². The lowest BCUT2D eigenvalue weighted by Gasteiger charge is -2.18. The molecule has 1 aliphatic heterocycles. The summed E-state index contributed by atoms with van der Waals surface area (Å²) in [5.74, 6) is -0.608. The quantitative estimate of drug-likeness (QED) is 0.652. The average molecular weight is 418 g/mol. The summed E-state index contributed by atoms with van der Waals surface area (Å²) in [6.45, 7) is 2.43. The fourth-order valence-corrected chi connectivity index (χ4v) is 3.90. The van der Waals surface area contributed by atoms with Crippen LogP contribution in [0.4, 0.5) is 4.39 Å². The first-order valence-corrected chi connectivity index (χ1v) is 10.2. The molecule has 5 nitrogen and oxygen atoms in total. The van der Waals surface area contributed by atoms with Crippen molar-refractivity contribution >= 4 is 11.8 Å². The number of hydrogen-bond acceptors (Lipinski definition) is 3. The molecule has 6 heteroatoms. The molecular formula is C25H23FN2O3. The summed E-state index contributed by atoms with van der Waals surface area (Å²) in [6.07, 6.45) is -0.549. The van der Waals surface area contributed by atoms with E-state index in [1.54, 1.807) is 25.2 Å². The lowest BCUT2D eigenvalue weighted by atomic mass is 9.88. The molecule has 0 radical (unpaired) electrons. The van der Waals surface area contributed by atoms with Gasteiger partial charge >= 0.3 is 0 Å². The summed E-state index contributed by atoms with van der Waals surface area (Å²) in [5.41, 5.74) is 3.80. The molecule has 0 bridgehead atoms. The van der Waals surface area contributed by atoms with Crippen LogP contribution in [0.15, 0.2) is 66.7 Å². The van der Waals surface area contributed by atoms with Gasteiger partial charge in [-0.2, -0.15) is 0 Å². The van der Waals surface area contributed by atoms with Gasteiger partial charge in [0.1, 0.15) is 23.6 Å². The number of fused-ring (bicyclic) bond motifs is 1. The summed E-state index contributed by atoms with van der Waals surface area (Å²) in [5, 5.41) is 5.51. The molecule has 3 aromatic rings. The third kappa shape index (κ3) is 4.01. The zero-order valence-corrected chi connectivity index (χ0v) is 17.3. The number of nitrogens with one attached hydrogen (secondary N) is 2. The first kappa shape index (κ1) is 20.6. The van der Waals surface area contributed by atoms with Gasteiger partial charge in [-0.05, 0) is 60.0 Å². The molecule has 1 heterocycles. The van der Waals surface area contributed by atoms with Gasteiger partial charge in [0, 0.05) is 24.7 Å². The van der Waals surface area contributed by atoms with Crippen molar-refractivity contribution in [1.29, 1.82) is 0 Å². The van der Waals surface area contributed by atoms with Crippen molar-refractivity contribution in [2.75, 3.05) is 13.6 Å². The van der Waals surface area contributed by atoms with Crippen LogP contribution in [0.1, 0.15) is 40.4 Å². The minimum Gasteiger partial charge on any atom is -0.484 e. The van der Waals surface area contributed by atoms with E-state index in [2.05, 4.69) is 10.6 Å². The van der Waals surface area contributed by atoms with E-state index in [0.717, 1.165) is 22.3 Å². The highest BCUT2D eigenvalue weighted by atomic mass is 19.1. The first-order chi connectivity index (χ1) is 15.0. The van der Waals surface area contributed by atoms with Crippen LogP contribution < -0.4 is 15.4 Å². The van der Waals surface area contributed by atoms with Gasteiger partial charge in [-0.15, -0.1) is 0 Å². The molecule has 0 fully saturated rings. The number of carbonyl (C=O) groups is 2. The first-order valence-electron chi connectivity index (χ1n) is 10.2. The van der Waals surface area contributed by atoms with E-state index in [4.69, 9.17) is 4.74 Å². The van der Waals surface area contributed by atoms with Gasteiger partial charge < -0.3 is 15.4 Å². The molecule has 0 spiro atoms. The van der Waals surface area contributed by atoms with Crippen LogP contribution in [-0.2, 0) is 4.79 Å². The Morgan fingerprint density at radius 2 is 1.74 bits per heavy atom. The van der Waals surface area contributed by atoms with Crippen molar-refractivity contribution in [1.82, 2.24) is 10.6 Å². The molecular weight excluding hydrogens is 395 g/mol. The van der Waals surface area contributed by atoms with Gasteiger partial charge in [-0.25, -0.2) is 4.39 Å². The summed E-state index contributed by atoms with van der Waals surface area (Å²) in [6, 6.07) is 19.0. The maximum atomic E-state index is 13.4. The molecule has 0 saturated carbocycles. The zero-order valence-electron chi connectivity index (χ0n) is 17.3. The molecule has 0 aromatic heterocycles. The second-order valence-electron chi connectivity index (χ2n) is 7.37. The van der Waals surface area contributed by atoms with Gasteiger partial charge in [-0.1, -0.05) is 30.3 Å². The Kier molecular flexibility index (Phi) is 5.71. The van der Waals surface area contributed by atoms with Crippen molar-refractivity contribution in [3.05, 3.63) is 89.2 Å². The molecule has 31 heavy (non-hydrogen) atoms. The topological polar surface area (TPSA) is 67.4 Å². The minimum atomic E-state index is -0.572. The third-order valence-corrected chi connectivity index (χ3v) is 5.42. The molecule has 1 aliphatic rings. The van der Waals surface area contributed by atoms with Crippen molar-refractivity contribution in [2.45, 2.75) is 18.9 Å². The average Bonchev–Trinajstić information content (AvgIpc) is 3.18. The minimum absolute atomic E-state index is 0.131. The van der Waals surface area contributed by atoms with Crippen LogP contribution in [0.3, 0.4) is 0 Å². The number of amides is 2. The van der Waals surface area contributed by atoms with Crippen LogP contribution in [0.5, 0.6) is 5.75 Å². The molecule has 0 aliphatic carbocycles. The maximum Gasteiger partial charge on any atom is 0.251 e. The van der Waals surface area contributed by atoms with E-state index in [9.17, 15) is 14.0 Å². The van der Waals surface area contributed by atoms with E-state index >= 15 is 0 Å². The number of ether oxygens (including phenoxy) is 1. The van der Waals surface area contributed by atoms with Crippen LogP contribution in [0.2, 0.25) is 0 Å². The number of halogens is 1. The lowest BCUT2D eigenvalue weighted by Crippen LogP contribution is -2.28. The fraction of sp³-hybridized carbons (Fsp3) is 0.200. The molecule has 2 N–H and O–H groups in total. The SMILES string of the molecule is CCNC(=O)c1cccc(-c2ccc3c(c2)C(C(=O)NC)C(c2ccc(F)cc2)O3)c1. The fourth-order valence-electron chi connectivity index (χ4n) is 3.90. The number of likely N-dealkylation sites (N-methyl/N-ethyl adjacent to an activating group) is 1. The van der Waals surface area contributed by atoms with Gasteiger partial charge in [0.2, 0.25) is 5.91 Å². The second kappa shape index (κ2) is 8.60. The summed E-state index contributed by atoms with van der Waals surface area (Å²) < 4.78 is 19.5. The van der Waals surface area contributed by atoms with Crippen LogP contribution in [0.25, 0.3) is 11.1 Å². The Bertz CT molecular complexity index is 1130. The number of benzene rings is 3. The molecule has 2 amide bonds. The molecule has 0 saturated heterocycles. The monoisotopic (exact) mass is 418 g/mol. The van der Waals surface area contributed by atoms with Crippen LogP contribution in [-0.4, -0.2) is 25.4 Å². The van der Waals surface area contributed by atoms with Crippen molar-refractivity contribution in [3.8, 4) is 16.9 Å². The Hall–Kier alpha value is -3.67. The molecule has 158 valence electrons. The zero-order chi connectivity index (χ0) is 22.0. The molecule has 2 unspecified atom stereocenters. The Balaban J connectivity index is 1.73. The molecule has 2 atom stereocenters. The number of carbonyl (C=O) groups excluding carboxylic acids is 2. The Morgan fingerprint density at radius 3 is 2.45 bits per heavy atom. The van der Waals surface area contributed by atoms with E-state index in [-0.39, 0.29) is 17.6 Å². The standard InChI is InChI=1S/C25H23FN2O3/c1-3-28-24(29)18-6-4-5-16(13-18)17-9-12-21-20(14-17)22(25(30)27-2)23(31-21)15-7-10-19(26)11-8-15/h4-14,22-23H,3H2,1-2H3,(H,27,30)(H,28,29). The number of hydrogen-bond donors (Lipinski definition) is 2. The van der Waals surface area contributed by atoms with E-state index in [1.165, 1.54) is 12.1 Å². The van der Waals surface area contributed by atoms with Crippen molar-refractivity contribution in [2.24, 2.45) is 0 Å². The van der Waals surface area contributed by atoms with Gasteiger partial charge in [0.05, 0.1) is 0 Å². The van der Waals surface area contributed by atoms with E-state index in [1.807, 2.05) is 43.3 Å². The van der Waals surface area contributed by atoms with Gasteiger partial charge in [0.25, 0.3) is 5.91 Å². The maximum absolute atomic E-state index is 13.4. The third-order valence-electron chi connectivity index (χ3n) is 5.42. The largest absolute Gasteiger partial charge is 0.484 e. The summed E-state index contributed by atoms with van der Waals surface area (Å²) in [7, 11) is 1.59.